The lowest BCUT2D eigenvalue weighted by molar-refractivity contribution is -0.136. The summed E-state index contributed by atoms with van der Waals surface area (Å²) in [5.41, 5.74) is 1.81. The van der Waals surface area contributed by atoms with Gasteiger partial charge in [-0.15, -0.1) is 0 Å². The number of hydrogen-bond donors (Lipinski definition) is 0. The Bertz CT molecular complexity index is 1010. The number of hydrogen-bond acceptors (Lipinski definition) is 3. The number of amides is 2. The minimum Gasteiger partial charge on any atom is -0.341 e. The Balaban J connectivity index is 1.38. The van der Waals surface area contributed by atoms with E-state index in [1.165, 1.54) is 0 Å². The molecule has 29 heavy (non-hydrogen) atoms. The topological polar surface area (TPSA) is 53.5 Å². The van der Waals surface area contributed by atoms with Gasteiger partial charge in [-0.3, -0.25) is 14.6 Å². The molecular weight excluding hydrogens is 362 g/mol. The molecule has 0 saturated carbocycles. The lowest BCUT2D eigenvalue weighted by Crippen LogP contribution is -2.43. The molecule has 1 aliphatic heterocycles. The summed E-state index contributed by atoms with van der Waals surface area (Å²) in [6.07, 6.45) is 4.89. The zero-order chi connectivity index (χ0) is 20.2. The van der Waals surface area contributed by atoms with Gasteiger partial charge in [0, 0.05) is 50.6 Å². The van der Waals surface area contributed by atoms with E-state index in [0.29, 0.717) is 32.5 Å². The minimum absolute atomic E-state index is 0.0293. The first-order valence-corrected chi connectivity index (χ1v) is 10.0. The third kappa shape index (κ3) is 4.14. The van der Waals surface area contributed by atoms with Crippen LogP contribution in [0.3, 0.4) is 0 Å². The predicted octanol–water partition coefficient (Wildman–Crippen LogP) is 3.75. The number of nitrogens with zero attached hydrogens (tertiary/aromatic N) is 3. The number of carbonyl (C=O) groups is 2. The molecular formula is C24H25N3O2. The Kier molecular flexibility index (Phi) is 5.56. The Morgan fingerprint density at radius 3 is 2.45 bits per heavy atom. The lowest BCUT2D eigenvalue weighted by Gasteiger charge is -2.33. The van der Waals surface area contributed by atoms with Crippen LogP contribution >= 0.6 is 0 Å². The van der Waals surface area contributed by atoms with Gasteiger partial charge in [-0.25, -0.2) is 0 Å². The van der Waals surface area contributed by atoms with Gasteiger partial charge in [-0.2, -0.15) is 0 Å². The molecule has 0 atom stereocenters. The molecule has 1 fully saturated rings. The maximum atomic E-state index is 13.1. The molecule has 1 aromatic heterocycles. The van der Waals surface area contributed by atoms with Crippen LogP contribution in [0.4, 0.5) is 0 Å². The summed E-state index contributed by atoms with van der Waals surface area (Å²) >= 11 is 0. The lowest BCUT2D eigenvalue weighted by atomic mass is 9.94. The second-order valence-corrected chi connectivity index (χ2v) is 7.64. The van der Waals surface area contributed by atoms with Crippen LogP contribution in [0.15, 0.2) is 67.0 Å². The molecule has 5 heteroatoms. The molecule has 0 bridgehead atoms. The highest BCUT2D eigenvalue weighted by Gasteiger charge is 2.30. The van der Waals surface area contributed by atoms with E-state index in [0.717, 1.165) is 21.9 Å². The fourth-order valence-electron chi connectivity index (χ4n) is 4.06. The van der Waals surface area contributed by atoms with Crippen molar-refractivity contribution in [2.75, 3.05) is 20.1 Å². The number of pyridine rings is 1. The standard InChI is InChI=1S/C24H25N3O2/c1-26(17-18-9-13-25-14-10-18)23(28)20-11-15-27(16-12-20)24(29)22-8-4-6-19-5-2-3-7-21(19)22/h2-10,13-14,20H,11-12,15-17H2,1H3. The summed E-state index contributed by atoms with van der Waals surface area (Å²) < 4.78 is 0. The number of aromatic nitrogens is 1. The highest BCUT2D eigenvalue weighted by atomic mass is 16.2. The van der Waals surface area contributed by atoms with Crippen molar-refractivity contribution < 1.29 is 9.59 Å². The quantitative estimate of drug-likeness (QED) is 0.685. The molecule has 2 heterocycles. The van der Waals surface area contributed by atoms with Crippen LogP contribution in [-0.4, -0.2) is 46.7 Å². The van der Waals surface area contributed by atoms with Crippen molar-refractivity contribution in [3.8, 4) is 0 Å². The Morgan fingerprint density at radius 2 is 1.69 bits per heavy atom. The van der Waals surface area contributed by atoms with E-state index >= 15 is 0 Å². The zero-order valence-electron chi connectivity index (χ0n) is 16.6. The van der Waals surface area contributed by atoms with Gasteiger partial charge < -0.3 is 9.80 Å². The second kappa shape index (κ2) is 8.43. The predicted molar refractivity (Wildman–Crippen MR) is 113 cm³/mol. The van der Waals surface area contributed by atoms with E-state index in [-0.39, 0.29) is 17.7 Å². The summed E-state index contributed by atoms with van der Waals surface area (Å²) in [7, 11) is 1.84. The average Bonchev–Trinajstić information content (AvgIpc) is 2.78. The van der Waals surface area contributed by atoms with Crippen molar-refractivity contribution in [2.45, 2.75) is 19.4 Å². The van der Waals surface area contributed by atoms with Crippen molar-refractivity contribution in [3.05, 3.63) is 78.1 Å². The summed E-state index contributed by atoms with van der Waals surface area (Å²) in [4.78, 5) is 33.6. The van der Waals surface area contributed by atoms with Crippen molar-refractivity contribution in [2.24, 2.45) is 5.92 Å². The largest absolute Gasteiger partial charge is 0.341 e. The Morgan fingerprint density at radius 1 is 1.00 bits per heavy atom. The maximum Gasteiger partial charge on any atom is 0.254 e. The number of benzene rings is 2. The average molecular weight is 387 g/mol. The normalized spacial score (nSPS) is 14.7. The van der Waals surface area contributed by atoms with Crippen LogP contribution in [0.25, 0.3) is 10.8 Å². The van der Waals surface area contributed by atoms with E-state index in [2.05, 4.69) is 4.98 Å². The molecule has 3 aromatic rings. The van der Waals surface area contributed by atoms with E-state index in [1.807, 2.05) is 66.5 Å². The summed E-state index contributed by atoms with van der Waals surface area (Å²) in [5.74, 6) is 0.176. The molecule has 2 amide bonds. The molecule has 1 saturated heterocycles. The molecule has 0 unspecified atom stereocenters. The van der Waals surface area contributed by atoms with E-state index in [4.69, 9.17) is 0 Å². The molecule has 0 aliphatic carbocycles. The maximum absolute atomic E-state index is 13.1. The first-order chi connectivity index (χ1) is 14.1. The van der Waals surface area contributed by atoms with Gasteiger partial charge in [-0.05, 0) is 47.4 Å². The van der Waals surface area contributed by atoms with Crippen LogP contribution in [-0.2, 0) is 11.3 Å². The fourth-order valence-corrected chi connectivity index (χ4v) is 4.06. The second-order valence-electron chi connectivity index (χ2n) is 7.64. The minimum atomic E-state index is -0.0293. The van der Waals surface area contributed by atoms with Gasteiger partial charge in [0.25, 0.3) is 5.91 Å². The van der Waals surface area contributed by atoms with Crippen molar-refractivity contribution >= 4 is 22.6 Å². The number of likely N-dealkylation sites (tertiary alicyclic amines) is 1. The third-order valence-corrected chi connectivity index (χ3v) is 5.70. The Hall–Kier alpha value is -3.21. The first-order valence-electron chi connectivity index (χ1n) is 10.0. The van der Waals surface area contributed by atoms with Crippen molar-refractivity contribution in [1.29, 1.82) is 0 Å². The van der Waals surface area contributed by atoms with Crippen LogP contribution in [0.2, 0.25) is 0 Å². The zero-order valence-corrected chi connectivity index (χ0v) is 16.6. The monoisotopic (exact) mass is 387 g/mol. The van der Waals surface area contributed by atoms with Gasteiger partial charge in [-0.1, -0.05) is 36.4 Å². The molecule has 0 N–H and O–H groups in total. The van der Waals surface area contributed by atoms with Crippen molar-refractivity contribution in [3.63, 3.8) is 0 Å². The SMILES string of the molecule is CN(Cc1ccncc1)C(=O)C1CCN(C(=O)c2cccc3ccccc23)CC1. The number of carbonyl (C=O) groups excluding carboxylic acids is 2. The summed E-state index contributed by atoms with van der Waals surface area (Å²) in [6.45, 7) is 1.81. The van der Waals surface area contributed by atoms with Crippen LogP contribution in [0, 0.1) is 5.92 Å². The van der Waals surface area contributed by atoms with Gasteiger partial charge in [0.05, 0.1) is 0 Å². The number of fused-ring (bicyclic) bond motifs is 1. The smallest absolute Gasteiger partial charge is 0.254 e. The highest BCUT2D eigenvalue weighted by Crippen LogP contribution is 2.24. The molecule has 0 spiro atoms. The molecule has 148 valence electrons. The van der Waals surface area contributed by atoms with Crippen LogP contribution < -0.4 is 0 Å². The van der Waals surface area contributed by atoms with Crippen LogP contribution in [0.5, 0.6) is 0 Å². The molecule has 4 rings (SSSR count). The van der Waals surface area contributed by atoms with E-state index in [9.17, 15) is 9.59 Å². The molecule has 1 aliphatic rings. The summed E-state index contributed by atoms with van der Waals surface area (Å²) in [6, 6.07) is 17.7. The fraction of sp³-hybridized carbons (Fsp3) is 0.292. The van der Waals surface area contributed by atoms with Crippen LogP contribution in [0.1, 0.15) is 28.8 Å². The number of rotatable bonds is 4. The van der Waals surface area contributed by atoms with Gasteiger partial charge in [0.2, 0.25) is 5.91 Å². The van der Waals surface area contributed by atoms with Gasteiger partial charge in [0.15, 0.2) is 0 Å². The highest BCUT2D eigenvalue weighted by molar-refractivity contribution is 6.07. The van der Waals surface area contributed by atoms with Gasteiger partial charge >= 0.3 is 0 Å². The van der Waals surface area contributed by atoms with E-state index < -0.39 is 0 Å². The molecule has 2 aromatic carbocycles. The third-order valence-electron chi connectivity index (χ3n) is 5.70. The van der Waals surface area contributed by atoms with Crippen molar-refractivity contribution in [1.82, 2.24) is 14.8 Å². The number of piperidine rings is 1. The van der Waals surface area contributed by atoms with Gasteiger partial charge in [0.1, 0.15) is 0 Å². The summed E-state index contributed by atoms with van der Waals surface area (Å²) in [5, 5.41) is 2.05. The molecule has 5 nitrogen and oxygen atoms in total. The first kappa shape index (κ1) is 19.1. The Labute approximate surface area is 171 Å². The molecule has 0 radical (unpaired) electrons. The van der Waals surface area contributed by atoms with E-state index in [1.54, 1.807) is 17.3 Å².